The van der Waals surface area contributed by atoms with Gasteiger partial charge in [0.25, 0.3) is 0 Å². The Bertz CT molecular complexity index is 1080. The van der Waals surface area contributed by atoms with E-state index in [0.717, 1.165) is 28.6 Å². The lowest BCUT2D eigenvalue weighted by Gasteiger charge is -2.27. The Balaban J connectivity index is 0.000000360. The molecule has 2 heterocycles. The highest BCUT2D eigenvalue weighted by Crippen LogP contribution is 2.30. The predicted octanol–water partition coefficient (Wildman–Crippen LogP) is 4.70. The monoisotopic (exact) mass is 470 g/mol. The summed E-state index contributed by atoms with van der Waals surface area (Å²) in [4.78, 5) is 8.90. The predicted molar refractivity (Wildman–Crippen MR) is 113 cm³/mol. The maximum absolute atomic E-state index is 13.6. The number of hydrogen-bond donors (Lipinski definition) is 3. The number of hydrogen-bond acceptors (Lipinski definition) is 5. The van der Waals surface area contributed by atoms with E-state index in [9.17, 15) is 17.6 Å². The number of rotatable bonds is 3. The lowest BCUT2D eigenvalue weighted by Crippen LogP contribution is -2.44. The first-order valence-corrected chi connectivity index (χ1v) is 9.95. The van der Waals surface area contributed by atoms with E-state index < -0.39 is 18.3 Å². The zero-order chi connectivity index (χ0) is 23.3. The Morgan fingerprint density at radius 1 is 1.06 bits per heavy atom. The van der Waals surface area contributed by atoms with Gasteiger partial charge in [0.05, 0.1) is 0 Å². The molecule has 1 aromatic heterocycles. The number of benzene rings is 2. The molecule has 1 aliphatic rings. The number of fused-ring (bicyclic) bond motifs is 1. The first-order chi connectivity index (χ1) is 15.1. The molecule has 0 spiro atoms. The summed E-state index contributed by atoms with van der Waals surface area (Å²) in [6, 6.07) is 15.5. The van der Waals surface area contributed by atoms with Crippen LogP contribution in [0.5, 0.6) is 0 Å². The van der Waals surface area contributed by atoms with E-state index in [1.807, 2.05) is 48.5 Å². The fourth-order valence-electron chi connectivity index (χ4n) is 3.22. The quantitative estimate of drug-likeness (QED) is 0.481. The summed E-state index contributed by atoms with van der Waals surface area (Å²) >= 11 is 5.98. The Labute approximate surface area is 185 Å². The minimum atomic E-state index is -5.08. The molecule has 11 heteroatoms. The second-order valence-corrected chi connectivity index (χ2v) is 7.52. The largest absolute Gasteiger partial charge is 0.490 e. The summed E-state index contributed by atoms with van der Waals surface area (Å²) in [7, 11) is 0. The number of anilines is 1. The average molecular weight is 471 g/mol. The Kier molecular flexibility index (Phi) is 7.47. The zero-order valence-corrected chi connectivity index (χ0v) is 17.3. The van der Waals surface area contributed by atoms with Crippen LogP contribution in [0, 0.1) is 0 Å². The highest BCUT2D eigenvalue weighted by molar-refractivity contribution is 6.30. The highest BCUT2D eigenvalue weighted by atomic mass is 35.5. The summed E-state index contributed by atoms with van der Waals surface area (Å²) in [5, 5.41) is 25.0. The minimum absolute atomic E-state index is 0.00263. The van der Waals surface area contributed by atoms with Crippen molar-refractivity contribution in [2.75, 3.05) is 18.4 Å². The van der Waals surface area contributed by atoms with Crippen molar-refractivity contribution in [3.05, 3.63) is 53.6 Å². The molecule has 0 unspecified atom stereocenters. The van der Waals surface area contributed by atoms with Crippen LogP contribution in [-0.4, -0.2) is 52.8 Å². The molecule has 2 atom stereocenters. The maximum atomic E-state index is 13.6. The number of carboxylic acids is 1. The van der Waals surface area contributed by atoms with Gasteiger partial charge in [0.15, 0.2) is 5.82 Å². The molecule has 6 nitrogen and oxygen atoms in total. The van der Waals surface area contributed by atoms with Crippen LogP contribution >= 0.6 is 11.6 Å². The molecule has 3 N–H and O–H groups in total. The highest BCUT2D eigenvalue weighted by Gasteiger charge is 2.38. The summed E-state index contributed by atoms with van der Waals surface area (Å²) in [5.41, 5.74) is 1.77. The van der Waals surface area contributed by atoms with Crippen molar-refractivity contribution >= 4 is 34.2 Å². The van der Waals surface area contributed by atoms with Crippen molar-refractivity contribution in [1.82, 2.24) is 15.5 Å². The molecular formula is C21H19ClF4N4O2. The zero-order valence-electron chi connectivity index (χ0n) is 16.5. The van der Waals surface area contributed by atoms with Gasteiger partial charge < -0.3 is 15.7 Å². The SMILES string of the molecule is F[C@H]1CNC[C@H](Nc2nnc(-c3ccc(Cl)cc3)c3ccccc23)C1.O=C(O)C(F)(F)F. The summed E-state index contributed by atoms with van der Waals surface area (Å²) < 4.78 is 45.4. The number of aliphatic carboxylic acids is 1. The van der Waals surface area contributed by atoms with Crippen LogP contribution in [-0.2, 0) is 4.79 Å². The van der Waals surface area contributed by atoms with Gasteiger partial charge in [-0.25, -0.2) is 9.18 Å². The van der Waals surface area contributed by atoms with E-state index in [4.69, 9.17) is 21.5 Å². The molecule has 1 fully saturated rings. The number of aromatic nitrogens is 2. The van der Waals surface area contributed by atoms with E-state index in [0.29, 0.717) is 23.8 Å². The molecule has 0 saturated carbocycles. The molecular weight excluding hydrogens is 452 g/mol. The van der Waals surface area contributed by atoms with Gasteiger partial charge in [-0.1, -0.05) is 48.0 Å². The first kappa shape index (κ1) is 23.7. The van der Waals surface area contributed by atoms with E-state index in [-0.39, 0.29) is 6.04 Å². The molecule has 0 aliphatic carbocycles. The lowest BCUT2D eigenvalue weighted by atomic mass is 10.0. The number of carbonyl (C=O) groups is 1. The number of halogens is 5. The minimum Gasteiger partial charge on any atom is -0.475 e. The Morgan fingerprint density at radius 3 is 2.28 bits per heavy atom. The third-order valence-corrected chi connectivity index (χ3v) is 4.94. The summed E-state index contributed by atoms with van der Waals surface area (Å²) in [6.45, 7) is 1.13. The molecule has 1 aliphatic heterocycles. The molecule has 4 rings (SSSR count). The van der Waals surface area contributed by atoms with E-state index in [1.54, 1.807) is 0 Å². The van der Waals surface area contributed by atoms with Crippen molar-refractivity contribution in [2.45, 2.75) is 24.8 Å². The smallest absolute Gasteiger partial charge is 0.475 e. The van der Waals surface area contributed by atoms with Crippen molar-refractivity contribution in [3.63, 3.8) is 0 Å². The molecule has 2 aromatic carbocycles. The fraction of sp³-hybridized carbons (Fsp3) is 0.286. The van der Waals surface area contributed by atoms with Crippen LogP contribution in [0.2, 0.25) is 5.02 Å². The average Bonchev–Trinajstić information content (AvgIpc) is 2.75. The molecule has 0 amide bonds. The van der Waals surface area contributed by atoms with Crippen LogP contribution in [0.4, 0.5) is 23.4 Å². The van der Waals surface area contributed by atoms with Gasteiger partial charge in [-0.15, -0.1) is 10.2 Å². The van der Waals surface area contributed by atoms with E-state index >= 15 is 0 Å². The van der Waals surface area contributed by atoms with Crippen LogP contribution in [0.25, 0.3) is 22.0 Å². The molecule has 3 aromatic rings. The van der Waals surface area contributed by atoms with Gasteiger partial charge in [-0.2, -0.15) is 13.2 Å². The first-order valence-electron chi connectivity index (χ1n) is 9.58. The number of nitrogens with one attached hydrogen (secondary N) is 2. The standard InChI is InChI=1S/C19H18ClFN4.C2HF3O2/c20-13-7-5-12(6-8-13)18-16-3-1-2-4-17(16)19(25-24-18)23-15-9-14(21)10-22-11-15;3-2(4,5)1(6)7/h1-8,14-15,22H,9-11H2,(H,23,25);(H,6,7)/t14-,15-;/m1./s1. The van der Waals surface area contributed by atoms with Gasteiger partial charge in [-0.3, -0.25) is 0 Å². The van der Waals surface area contributed by atoms with Gasteiger partial charge in [-0.05, 0) is 12.1 Å². The number of nitrogens with zero attached hydrogens (tertiary/aromatic N) is 2. The van der Waals surface area contributed by atoms with Gasteiger partial charge >= 0.3 is 12.1 Å². The summed E-state index contributed by atoms with van der Waals surface area (Å²) in [6.07, 6.45) is -5.44. The molecule has 0 radical (unpaired) electrons. The molecule has 1 saturated heterocycles. The topological polar surface area (TPSA) is 87.1 Å². The normalized spacial score (nSPS) is 18.5. The number of carboxylic acid groups (broad SMARTS) is 1. The van der Waals surface area contributed by atoms with E-state index in [1.165, 1.54) is 0 Å². The van der Waals surface area contributed by atoms with Crippen LogP contribution in [0.1, 0.15) is 6.42 Å². The van der Waals surface area contributed by atoms with Crippen LogP contribution < -0.4 is 10.6 Å². The van der Waals surface area contributed by atoms with Crippen molar-refractivity contribution in [1.29, 1.82) is 0 Å². The maximum Gasteiger partial charge on any atom is 0.490 e. The van der Waals surface area contributed by atoms with Gasteiger partial charge in [0.2, 0.25) is 0 Å². The van der Waals surface area contributed by atoms with Crippen molar-refractivity contribution in [3.8, 4) is 11.3 Å². The van der Waals surface area contributed by atoms with Crippen molar-refractivity contribution in [2.24, 2.45) is 0 Å². The third kappa shape index (κ3) is 6.04. The van der Waals surface area contributed by atoms with E-state index in [2.05, 4.69) is 20.8 Å². The Hall–Kier alpha value is -2.98. The summed E-state index contributed by atoms with van der Waals surface area (Å²) in [5.74, 6) is -2.07. The molecule has 170 valence electrons. The third-order valence-electron chi connectivity index (χ3n) is 4.69. The van der Waals surface area contributed by atoms with Crippen LogP contribution in [0.15, 0.2) is 48.5 Å². The van der Waals surface area contributed by atoms with Gasteiger partial charge in [0, 0.05) is 46.9 Å². The lowest BCUT2D eigenvalue weighted by molar-refractivity contribution is -0.192. The van der Waals surface area contributed by atoms with Crippen LogP contribution in [0.3, 0.4) is 0 Å². The Morgan fingerprint density at radius 2 is 1.69 bits per heavy atom. The molecule has 0 bridgehead atoms. The fourth-order valence-corrected chi connectivity index (χ4v) is 3.35. The number of piperidine rings is 1. The number of alkyl halides is 4. The second-order valence-electron chi connectivity index (χ2n) is 7.09. The second kappa shape index (κ2) is 10.1. The van der Waals surface area contributed by atoms with Crippen molar-refractivity contribution < 1.29 is 27.5 Å². The van der Waals surface area contributed by atoms with Gasteiger partial charge in [0.1, 0.15) is 11.9 Å². The molecule has 32 heavy (non-hydrogen) atoms.